The van der Waals surface area contributed by atoms with E-state index in [1.54, 1.807) is 17.7 Å². The number of fused-ring (bicyclic) bond motifs is 1. The molecule has 140 valence electrons. The number of nitrogens with zero attached hydrogens (tertiary/aromatic N) is 2. The maximum absolute atomic E-state index is 4.57. The molecule has 5 rings (SSSR count). The summed E-state index contributed by atoms with van der Waals surface area (Å²) in [4.78, 5) is 8.93. The van der Waals surface area contributed by atoms with Gasteiger partial charge in [-0.1, -0.05) is 54.1 Å². The second kappa shape index (κ2) is 7.12. The molecule has 1 fully saturated rings. The molecule has 4 aromatic rings. The number of piperidine rings is 1. The van der Waals surface area contributed by atoms with Crippen LogP contribution in [0.25, 0.3) is 21.5 Å². The number of rotatable bonds is 3. The van der Waals surface area contributed by atoms with E-state index in [2.05, 4.69) is 82.2 Å². The van der Waals surface area contributed by atoms with Crippen molar-refractivity contribution < 1.29 is 0 Å². The minimum absolute atomic E-state index is 0.0847. The molecule has 0 bridgehead atoms. The van der Waals surface area contributed by atoms with E-state index < -0.39 is 0 Å². The molecule has 28 heavy (non-hydrogen) atoms. The lowest BCUT2D eigenvalue weighted by Crippen LogP contribution is -2.40. The van der Waals surface area contributed by atoms with Crippen molar-refractivity contribution in [3.8, 4) is 11.3 Å². The Kier molecular flexibility index (Phi) is 4.46. The molecule has 4 heteroatoms. The third kappa shape index (κ3) is 2.93. The van der Waals surface area contributed by atoms with Gasteiger partial charge in [0.15, 0.2) is 0 Å². The summed E-state index contributed by atoms with van der Waals surface area (Å²) >= 11 is 1.71. The van der Waals surface area contributed by atoms with Crippen LogP contribution in [-0.2, 0) is 5.41 Å². The summed E-state index contributed by atoms with van der Waals surface area (Å²) in [5.41, 5.74) is 7.43. The molecule has 0 saturated carbocycles. The van der Waals surface area contributed by atoms with Crippen LogP contribution in [0, 0.1) is 6.92 Å². The summed E-state index contributed by atoms with van der Waals surface area (Å²) in [6.45, 7) is 4.26. The maximum atomic E-state index is 4.57. The highest BCUT2D eigenvalue weighted by Crippen LogP contribution is 2.41. The number of benzene rings is 2. The third-order valence-corrected chi connectivity index (χ3v) is 6.93. The number of thiophene rings is 1. The summed E-state index contributed by atoms with van der Waals surface area (Å²) in [6.07, 6.45) is 3.91. The van der Waals surface area contributed by atoms with Gasteiger partial charge in [-0.15, -0.1) is 11.3 Å². The van der Waals surface area contributed by atoms with E-state index in [4.69, 9.17) is 0 Å². The molecule has 1 N–H and O–H groups in total. The average Bonchev–Trinajstić information content (AvgIpc) is 3.24. The van der Waals surface area contributed by atoms with Crippen molar-refractivity contribution in [2.75, 3.05) is 13.1 Å². The lowest BCUT2D eigenvalue weighted by atomic mass is 9.68. The van der Waals surface area contributed by atoms with E-state index in [0.717, 1.165) is 47.4 Å². The SMILES string of the molecule is Cc1ccc(C2(c3ccc(-c4ncnc5ccsc45)cc3)CCNCC2)cc1. The van der Waals surface area contributed by atoms with Crippen LogP contribution in [0.1, 0.15) is 29.5 Å². The van der Waals surface area contributed by atoms with Crippen LogP contribution in [0.2, 0.25) is 0 Å². The van der Waals surface area contributed by atoms with Gasteiger partial charge in [0.1, 0.15) is 6.33 Å². The normalized spacial score (nSPS) is 16.3. The van der Waals surface area contributed by atoms with Gasteiger partial charge < -0.3 is 5.32 Å². The first-order valence-electron chi connectivity index (χ1n) is 9.83. The Morgan fingerprint density at radius 2 is 1.54 bits per heavy atom. The molecule has 0 radical (unpaired) electrons. The molecule has 1 aliphatic heterocycles. The van der Waals surface area contributed by atoms with Gasteiger partial charge in [-0.3, -0.25) is 0 Å². The summed E-state index contributed by atoms with van der Waals surface area (Å²) < 4.78 is 1.16. The van der Waals surface area contributed by atoms with Crippen molar-refractivity contribution >= 4 is 21.6 Å². The summed E-state index contributed by atoms with van der Waals surface area (Å²) in [7, 11) is 0. The molecule has 1 aliphatic rings. The molecular formula is C24H23N3S. The molecule has 0 amide bonds. The molecule has 0 atom stereocenters. The van der Waals surface area contributed by atoms with Gasteiger partial charge >= 0.3 is 0 Å². The van der Waals surface area contributed by atoms with Crippen LogP contribution in [-0.4, -0.2) is 23.1 Å². The van der Waals surface area contributed by atoms with E-state index in [-0.39, 0.29) is 5.41 Å². The van der Waals surface area contributed by atoms with Crippen molar-refractivity contribution in [2.24, 2.45) is 0 Å². The zero-order valence-corrected chi connectivity index (χ0v) is 16.8. The lowest BCUT2D eigenvalue weighted by Gasteiger charge is -2.39. The zero-order valence-electron chi connectivity index (χ0n) is 16.0. The zero-order chi connectivity index (χ0) is 19.0. The van der Waals surface area contributed by atoms with E-state index in [1.165, 1.54) is 16.7 Å². The second-order valence-electron chi connectivity index (χ2n) is 7.63. The van der Waals surface area contributed by atoms with Crippen LogP contribution >= 0.6 is 11.3 Å². The smallest absolute Gasteiger partial charge is 0.116 e. The van der Waals surface area contributed by atoms with Crippen molar-refractivity contribution in [1.82, 2.24) is 15.3 Å². The summed E-state index contributed by atoms with van der Waals surface area (Å²) in [6, 6.07) is 20.2. The standard InChI is InChI=1S/C24H23N3S/c1-17-2-6-19(7-3-17)24(11-13-25-14-12-24)20-8-4-18(5-9-20)22-23-21(10-15-28-23)26-16-27-22/h2-10,15-16,25H,11-14H2,1H3. The highest BCUT2D eigenvalue weighted by atomic mass is 32.1. The Morgan fingerprint density at radius 1 is 0.857 bits per heavy atom. The maximum Gasteiger partial charge on any atom is 0.116 e. The Hall–Kier alpha value is -2.56. The van der Waals surface area contributed by atoms with Crippen LogP contribution in [0.5, 0.6) is 0 Å². The van der Waals surface area contributed by atoms with Crippen molar-refractivity contribution in [3.05, 3.63) is 83.0 Å². The monoisotopic (exact) mass is 385 g/mol. The van der Waals surface area contributed by atoms with E-state index in [9.17, 15) is 0 Å². The van der Waals surface area contributed by atoms with Crippen LogP contribution < -0.4 is 5.32 Å². The van der Waals surface area contributed by atoms with Gasteiger partial charge in [0.05, 0.1) is 15.9 Å². The molecule has 3 heterocycles. The first-order valence-corrected chi connectivity index (χ1v) is 10.7. The Balaban J connectivity index is 1.57. The number of aryl methyl sites for hydroxylation is 1. The molecule has 0 unspecified atom stereocenters. The Bertz CT molecular complexity index is 1090. The lowest BCUT2D eigenvalue weighted by molar-refractivity contribution is 0.362. The first-order chi connectivity index (χ1) is 13.8. The predicted octanol–water partition coefficient (Wildman–Crippen LogP) is 5.34. The van der Waals surface area contributed by atoms with E-state index in [0.29, 0.717) is 0 Å². The average molecular weight is 386 g/mol. The fourth-order valence-electron chi connectivity index (χ4n) is 4.41. The molecule has 0 spiro atoms. The van der Waals surface area contributed by atoms with Crippen LogP contribution in [0.15, 0.2) is 66.3 Å². The molecule has 2 aromatic heterocycles. The van der Waals surface area contributed by atoms with Gasteiger partial charge in [0, 0.05) is 11.0 Å². The largest absolute Gasteiger partial charge is 0.317 e. The number of aromatic nitrogens is 2. The molecule has 1 saturated heterocycles. The fourth-order valence-corrected chi connectivity index (χ4v) is 5.27. The van der Waals surface area contributed by atoms with Crippen molar-refractivity contribution in [2.45, 2.75) is 25.2 Å². The molecular weight excluding hydrogens is 362 g/mol. The highest BCUT2D eigenvalue weighted by Gasteiger charge is 2.35. The number of nitrogens with one attached hydrogen (secondary N) is 1. The number of hydrogen-bond donors (Lipinski definition) is 1. The minimum Gasteiger partial charge on any atom is -0.317 e. The quantitative estimate of drug-likeness (QED) is 0.517. The van der Waals surface area contributed by atoms with Crippen molar-refractivity contribution in [3.63, 3.8) is 0 Å². The first kappa shape index (κ1) is 17.5. The number of hydrogen-bond acceptors (Lipinski definition) is 4. The highest BCUT2D eigenvalue weighted by molar-refractivity contribution is 7.17. The summed E-state index contributed by atoms with van der Waals surface area (Å²) in [5, 5.41) is 5.61. The van der Waals surface area contributed by atoms with Crippen LogP contribution in [0.4, 0.5) is 0 Å². The van der Waals surface area contributed by atoms with Crippen LogP contribution in [0.3, 0.4) is 0 Å². The third-order valence-electron chi connectivity index (χ3n) is 6.02. The predicted molar refractivity (Wildman–Crippen MR) is 117 cm³/mol. The van der Waals surface area contributed by atoms with Gasteiger partial charge in [-0.25, -0.2) is 9.97 Å². The Labute approximate surface area is 169 Å². The topological polar surface area (TPSA) is 37.8 Å². The molecule has 0 aliphatic carbocycles. The molecule has 2 aromatic carbocycles. The second-order valence-corrected chi connectivity index (χ2v) is 8.55. The fraction of sp³-hybridized carbons (Fsp3) is 0.250. The van der Waals surface area contributed by atoms with Crippen molar-refractivity contribution in [1.29, 1.82) is 0 Å². The van der Waals surface area contributed by atoms with Gasteiger partial charge in [0.25, 0.3) is 0 Å². The summed E-state index contributed by atoms with van der Waals surface area (Å²) in [5.74, 6) is 0. The molecule has 3 nitrogen and oxygen atoms in total. The van der Waals surface area contributed by atoms with Gasteiger partial charge in [-0.05, 0) is 55.4 Å². The van der Waals surface area contributed by atoms with E-state index >= 15 is 0 Å². The minimum atomic E-state index is 0.0847. The Morgan fingerprint density at radius 3 is 2.25 bits per heavy atom. The van der Waals surface area contributed by atoms with E-state index in [1.807, 2.05) is 0 Å². The van der Waals surface area contributed by atoms with Gasteiger partial charge in [0.2, 0.25) is 0 Å². The van der Waals surface area contributed by atoms with Gasteiger partial charge in [-0.2, -0.15) is 0 Å².